The van der Waals surface area contributed by atoms with Crippen molar-refractivity contribution in [2.75, 3.05) is 0 Å². The first-order valence-electron chi connectivity index (χ1n) is 4.54. The van der Waals surface area contributed by atoms with Crippen LogP contribution in [0.4, 0.5) is 0 Å². The van der Waals surface area contributed by atoms with Gasteiger partial charge in [-0.1, -0.05) is 12.1 Å². The molecule has 2 aromatic rings. The lowest BCUT2D eigenvalue weighted by atomic mass is 10.1. The number of aldehydes is 1. The third-order valence-electron chi connectivity index (χ3n) is 2.45. The Morgan fingerprint density at radius 2 is 2.07 bits per heavy atom. The molecule has 0 amide bonds. The van der Waals surface area contributed by atoms with Gasteiger partial charge in [0.05, 0.1) is 5.52 Å². The van der Waals surface area contributed by atoms with E-state index in [9.17, 15) is 4.79 Å². The summed E-state index contributed by atoms with van der Waals surface area (Å²) in [5, 5.41) is 1.03. The highest BCUT2D eigenvalue weighted by Gasteiger charge is 2.03. The molecule has 2 nitrogen and oxygen atoms in total. The fourth-order valence-electron chi connectivity index (χ4n) is 1.51. The second-order valence-electron chi connectivity index (χ2n) is 3.43. The molecule has 0 bridgehead atoms. The molecule has 0 saturated carbocycles. The van der Waals surface area contributed by atoms with Crippen LogP contribution in [0.25, 0.3) is 10.9 Å². The summed E-state index contributed by atoms with van der Waals surface area (Å²) in [4.78, 5) is 15.2. The van der Waals surface area contributed by atoms with Crippen LogP contribution in [0.15, 0.2) is 24.3 Å². The average Bonchev–Trinajstić information content (AvgIpc) is 2.19. The van der Waals surface area contributed by atoms with Crippen molar-refractivity contribution in [1.82, 2.24) is 4.98 Å². The number of rotatable bonds is 1. The van der Waals surface area contributed by atoms with Crippen LogP contribution >= 0.6 is 0 Å². The summed E-state index contributed by atoms with van der Waals surface area (Å²) in [6.07, 6.45) is 0.851. The van der Waals surface area contributed by atoms with Gasteiger partial charge in [-0.2, -0.15) is 0 Å². The number of nitrogens with zero attached hydrogens (tertiary/aromatic N) is 1. The van der Waals surface area contributed by atoms with Gasteiger partial charge in [0.15, 0.2) is 6.29 Å². The summed E-state index contributed by atoms with van der Waals surface area (Å²) in [5.41, 5.74) is 3.59. The number of para-hydroxylation sites is 1. The van der Waals surface area contributed by atoms with Gasteiger partial charge in [0.1, 0.15) is 0 Å². The summed E-state index contributed by atoms with van der Waals surface area (Å²) in [6.45, 7) is 3.98. The van der Waals surface area contributed by atoms with Gasteiger partial charge < -0.3 is 0 Å². The summed E-state index contributed by atoms with van der Waals surface area (Å²) in [7, 11) is 0. The Hall–Kier alpha value is -1.70. The van der Waals surface area contributed by atoms with E-state index in [1.165, 1.54) is 0 Å². The van der Waals surface area contributed by atoms with E-state index in [0.29, 0.717) is 5.56 Å². The normalized spacial score (nSPS) is 10.4. The number of benzene rings is 1. The van der Waals surface area contributed by atoms with Crippen molar-refractivity contribution in [2.24, 2.45) is 0 Å². The number of pyridine rings is 1. The molecular formula is C12H11NO. The molecule has 2 heteroatoms. The molecule has 2 rings (SSSR count). The Kier molecular flexibility index (Phi) is 2.04. The highest BCUT2D eigenvalue weighted by molar-refractivity contribution is 5.95. The molecule has 0 radical (unpaired) electrons. The first-order valence-corrected chi connectivity index (χ1v) is 4.54. The fraction of sp³-hybridized carbons (Fsp3) is 0.167. The van der Waals surface area contributed by atoms with Gasteiger partial charge in [0, 0.05) is 16.6 Å². The van der Waals surface area contributed by atoms with E-state index in [-0.39, 0.29) is 0 Å². The molecule has 0 aliphatic carbocycles. The fourth-order valence-corrected chi connectivity index (χ4v) is 1.51. The third kappa shape index (κ3) is 1.29. The standard InChI is InChI=1S/C12H11NO/c1-8-6-10-4-3-5-11(7-14)12(10)13-9(8)2/h3-7H,1-2H3. The van der Waals surface area contributed by atoms with Crippen LogP contribution in [0.2, 0.25) is 0 Å². The van der Waals surface area contributed by atoms with Crippen LogP contribution in [0, 0.1) is 13.8 Å². The molecule has 1 aromatic carbocycles. The highest BCUT2D eigenvalue weighted by Crippen LogP contribution is 2.18. The Labute approximate surface area is 82.6 Å². The van der Waals surface area contributed by atoms with Gasteiger partial charge in [0.25, 0.3) is 0 Å². The van der Waals surface area contributed by atoms with Crippen molar-refractivity contribution in [3.63, 3.8) is 0 Å². The van der Waals surface area contributed by atoms with E-state index in [4.69, 9.17) is 0 Å². The zero-order valence-corrected chi connectivity index (χ0v) is 8.24. The predicted molar refractivity (Wildman–Crippen MR) is 56.6 cm³/mol. The molecule has 0 spiro atoms. The Bertz CT molecular complexity index is 503. The molecule has 70 valence electrons. The number of aryl methyl sites for hydroxylation is 2. The molecule has 0 N–H and O–H groups in total. The minimum Gasteiger partial charge on any atom is -0.298 e. The molecule has 0 atom stereocenters. The topological polar surface area (TPSA) is 30.0 Å². The van der Waals surface area contributed by atoms with Gasteiger partial charge >= 0.3 is 0 Å². The lowest BCUT2D eigenvalue weighted by molar-refractivity contribution is 0.112. The van der Waals surface area contributed by atoms with Crippen molar-refractivity contribution >= 4 is 17.2 Å². The maximum Gasteiger partial charge on any atom is 0.152 e. The van der Waals surface area contributed by atoms with Gasteiger partial charge in [-0.3, -0.25) is 9.78 Å². The lowest BCUT2D eigenvalue weighted by Crippen LogP contribution is -1.92. The molecule has 14 heavy (non-hydrogen) atoms. The minimum absolute atomic E-state index is 0.658. The minimum atomic E-state index is 0.658. The monoisotopic (exact) mass is 185 g/mol. The predicted octanol–water partition coefficient (Wildman–Crippen LogP) is 2.66. The Morgan fingerprint density at radius 1 is 1.29 bits per heavy atom. The molecular weight excluding hydrogens is 174 g/mol. The van der Waals surface area contributed by atoms with Crippen molar-refractivity contribution in [2.45, 2.75) is 13.8 Å². The third-order valence-corrected chi connectivity index (χ3v) is 2.45. The van der Waals surface area contributed by atoms with E-state index in [1.807, 2.05) is 26.0 Å². The number of hydrogen-bond acceptors (Lipinski definition) is 2. The summed E-state index contributed by atoms with van der Waals surface area (Å²) >= 11 is 0. The van der Waals surface area contributed by atoms with Crippen molar-refractivity contribution < 1.29 is 4.79 Å². The first-order chi connectivity index (χ1) is 6.72. The summed E-state index contributed by atoms with van der Waals surface area (Å²) in [5.74, 6) is 0. The van der Waals surface area contributed by atoms with Crippen molar-refractivity contribution in [3.05, 3.63) is 41.1 Å². The molecule has 0 aliphatic rings. The van der Waals surface area contributed by atoms with Crippen LogP contribution in [0.1, 0.15) is 21.6 Å². The molecule has 1 heterocycles. The summed E-state index contributed by atoms with van der Waals surface area (Å²) < 4.78 is 0. The SMILES string of the molecule is Cc1cc2cccc(C=O)c2nc1C. The van der Waals surface area contributed by atoms with Crippen LogP contribution < -0.4 is 0 Å². The van der Waals surface area contributed by atoms with E-state index < -0.39 is 0 Å². The van der Waals surface area contributed by atoms with Gasteiger partial charge in [-0.25, -0.2) is 0 Å². The van der Waals surface area contributed by atoms with Gasteiger partial charge in [-0.05, 0) is 31.5 Å². The molecule has 0 fully saturated rings. The maximum atomic E-state index is 10.8. The zero-order chi connectivity index (χ0) is 10.1. The van der Waals surface area contributed by atoms with E-state index in [0.717, 1.165) is 28.4 Å². The number of hydrogen-bond donors (Lipinski definition) is 0. The van der Waals surface area contributed by atoms with Crippen molar-refractivity contribution in [3.8, 4) is 0 Å². The second-order valence-corrected chi connectivity index (χ2v) is 3.43. The second kappa shape index (κ2) is 3.22. The zero-order valence-electron chi connectivity index (χ0n) is 8.24. The molecule has 0 aliphatic heterocycles. The Balaban J connectivity index is 2.88. The van der Waals surface area contributed by atoms with Crippen LogP contribution in [0.3, 0.4) is 0 Å². The highest BCUT2D eigenvalue weighted by atomic mass is 16.1. The van der Waals surface area contributed by atoms with E-state index >= 15 is 0 Å². The number of carbonyl (C=O) groups excluding carboxylic acids is 1. The van der Waals surface area contributed by atoms with Crippen LogP contribution in [-0.4, -0.2) is 11.3 Å². The van der Waals surface area contributed by atoms with E-state index in [2.05, 4.69) is 11.1 Å². The Morgan fingerprint density at radius 3 is 2.79 bits per heavy atom. The lowest BCUT2D eigenvalue weighted by Gasteiger charge is -2.04. The maximum absolute atomic E-state index is 10.8. The van der Waals surface area contributed by atoms with Gasteiger partial charge in [0.2, 0.25) is 0 Å². The largest absolute Gasteiger partial charge is 0.298 e. The summed E-state index contributed by atoms with van der Waals surface area (Å²) in [6, 6.07) is 7.70. The smallest absolute Gasteiger partial charge is 0.152 e. The number of carbonyl (C=O) groups is 1. The molecule has 0 saturated heterocycles. The molecule has 0 unspecified atom stereocenters. The van der Waals surface area contributed by atoms with Crippen molar-refractivity contribution in [1.29, 1.82) is 0 Å². The van der Waals surface area contributed by atoms with Crippen LogP contribution in [-0.2, 0) is 0 Å². The van der Waals surface area contributed by atoms with Gasteiger partial charge in [-0.15, -0.1) is 0 Å². The quantitative estimate of drug-likeness (QED) is 0.639. The van der Waals surface area contributed by atoms with Crippen LogP contribution in [0.5, 0.6) is 0 Å². The molecule has 1 aromatic heterocycles. The number of fused-ring (bicyclic) bond motifs is 1. The van der Waals surface area contributed by atoms with E-state index in [1.54, 1.807) is 6.07 Å². The first kappa shape index (κ1) is 8.88. The number of aromatic nitrogens is 1. The average molecular weight is 185 g/mol.